The van der Waals surface area contributed by atoms with Gasteiger partial charge in [0.15, 0.2) is 0 Å². The van der Waals surface area contributed by atoms with Gasteiger partial charge in [0.25, 0.3) is 0 Å². The minimum atomic E-state index is -0.371. The number of carbonyl (C=O) groups is 2. The van der Waals surface area contributed by atoms with Crippen LogP contribution in [0.5, 0.6) is 0 Å². The highest BCUT2D eigenvalue weighted by Crippen LogP contribution is 2.23. The highest BCUT2D eigenvalue weighted by molar-refractivity contribution is 5.90. The van der Waals surface area contributed by atoms with E-state index in [1.807, 2.05) is 67.7 Å². The Morgan fingerprint density at radius 2 is 1.56 bits per heavy atom. The summed E-state index contributed by atoms with van der Waals surface area (Å²) >= 11 is 0. The van der Waals surface area contributed by atoms with Crippen LogP contribution in [-0.4, -0.2) is 37.5 Å². The van der Waals surface area contributed by atoms with Crippen LogP contribution in [0.15, 0.2) is 60.7 Å². The van der Waals surface area contributed by atoms with Crippen molar-refractivity contribution >= 4 is 23.2 Å². The number of amides is 2. The van der Waals surface area contributed by atoms with Gasteiger partial charge in [-0.1, -0.05) is 36.4 Å². The second-order valence-corrected chi connectivity index (χ2v) is 6.11. The van der Waals surface area contributed by atoms with E-state index in [1.54, 1.807) is 22.1 Å². The van der Waals surface area contributed by atoms with Crippen LogP contribution < -0.4 is 15.4 Å². The van der Waals surface area contributed by atoms with Gasteiger partial charge in [0.1, 0.15) is 0 Å². The van der Waals surface area contributed by atoms with Gasteiger partial charge in [-0.3, -0.25) is 30.0 Å². The average Bonchev–Trinajstić information content (AvgIpc) is 3.04. The number of nitrogens with one attached hydrogen (secondary N) is 1. The highest BCUT2D eigenvalue weighted by atomic mass is 16.2. The van der Waals surface area contributed by atoms with Crippen LogP contribution in [-0.2, 0) is 9.59 Å². The number of hydrogen-bond acceptors (Lipinski definition) is 4. The largest absolute Gasteiger partial charge is 0.289 e. The molecule has 6 nitrogen and oxygen atoms in total. The Labute approximate surface area is 147 Å². The maximum atomic E-state index is 12.5. The fourth-order valence-corrected chi connectivity index (χ4v) is 2.91. The number of rotatable bonds is 5. The normalized spacial score (nSPS) is 16.6. The van der Waals surface area contributed by atoms with Gasteiger partial charge in [-0.25, -0.2) is 0 Å². The van der Waals surface area contributed by atoms with E-state index in [0.29, 0.717) is 6.54 Å². The van der Waals surface area contributed by atoms with Gasteiger partial charge in [0.05, 0.1) is 23.8 Å². The highest BCUT2D eigenvalue weighted by Gasteiger charge is 2.37. The Hall–Kier alpha value is -3.02. The third kappa shape index (κ3) is 3.74. The molecule has 1 aliphatic heterocycles. The van der Waals surface area contributed by atoms with E-state index in [-0.39, 0.29) is 24.2 Å². The number of benzene rings is 2. The molecule has 25 heavy (non-hydrogen) atoms. The van der Waals surface area contributed by atoms with E-state index in [1.165, 1.54) is 0 Å². The lowest BCUT2D eigenvalue weighted by atomic mass is 10.1. The minimum Gasteiger partial charge on any atom is -0.289 e. The SMILES string of the molecule is CN(NC(=O)C1CC(=O)N(N(C)c2ccccc2)C1)c1ccccc1. The molecule has 0 bridgehead atoms. The Balaban J connectivity index is 1.63. The summed E-state index contributed by atoms with van der Waals surface area (Å²) < 4.78 is 0. The van der Waals surface area contributed by atoms with Gasteiger partial charge < -0.3 is 0 Å². The maximum absolute atomic E-state index is 12.5. The fourth-order valence-electron chi connectivity index (χ4n) is 2.91. The van der Waals surface area contributed by atoms with Crippen molar-refractivity contribution in [1.29, 1.82) is 0 Å². The lowest BCUT2D eigenvalue weighted by Crippen LogP contribution is -2.45. The Kier molecular flexibility index (Phi) is 4.88. The van der Waals surface area contributed by atoms with Gasteiger partial charge in [0, 0.05) is 20.5 Å². The van der Waals surface area contributed by atoms with Crippen molar-refractivity contribution in [3.8, 4) is 0 Å². The van der Waals surface area contributed by atoms with Gasteiger partial charge >= 0.3 is 0 Å². The Morgan fingerprint density at radius 3 is 2.16 bits per heavy atom. The molecule has 6 heteroatoms. The van der Waals surface area contributed by atoms with Crippen LogP contribution in [0.2, 0.25) is 0 Å². The van der Waals surface area contributed by atoms with Gasteiger partial charge in [-0.15, -0.1) is 0 Å². The number of hydrazine groups is 2. The summed E-state index contributed by atoms with van der Waals surface area (Å²) in [6, 6.07) is 19.2. The molecule has 2 aromatic rings. The van der Waals surface area contributed by atoms with Crippen molar-refractivity contribution in [2.24, 2.45) is 5.92 Å². The van der Waals surface area contributed by atoms with E-state index in [2.05, 4.69) is 5.43 Å². The lowest BCUT2D eigenvalue weighted by molar-refractivity contribution is -0.129. The third-order valence-electron chi connectivity index (χ3n) is 4.39. The van der Waals surface area contributed by atoms with Gasteiger partial charge in [-0.2, -0.15) is 0 Å². The number of anilines is 2. The molecule has 130 valence electrons. The molecule has 1 saturated heterocycles. The summed E-state index contributed by atoms with van der Waals surface area (Å²) in [7, 11) is 3.63. The van der Waals surface area contributed by atoms with E-state index in [9.17, 15) is 9.59 Å². The van der Waals surface area contributed by atoms with Crippen LogP contribution in [0.1, 0.15) is 6.42 Å². The molecule has 0 aliphatic carbocycles. The summed E-state index contributed by atoms with van der Waals surface area (Å²) in [5.41, 5.74) is 4.66. The first-order chi connectivity index (χ1) is 12.1. The number of carbonyl (C=O) groups excluding carboxylic acids is 2. The lowest BCUT2D eigenvalue weighted by Gasteiger charge is -2.30. The van der Waals surface area contributed by atoms with Crippen LogP contribution in [0, 0.1) is 5.92 Å². The van der Waals surface area contributed by atoms with E-state index < -0.39 is 0 Å². The molecule has 1 atom stereocenters. The summed E-state index contributed by atoms with van der Waals surface area (Å²) in [5.74, 6) is -0.567. The number of para-hydroxylation sites is 2. The molecular weight excluding hydrogens is 316 g/mol. The molecule has 1 unspecified atom stereocenters. The summed E-state index contributed by atoms with van der Waals surface area (Å²) in [4.78, 5) is 24.9. The predicted molar refractivity (Wildman–Crippen MR) is 97.7 cm³/mol. The quantitative estimate of drug-likeness (QED) is 0.848. The van der Waals surface area contributed by atoms with E-state index in [4.69, 9.17) is 0 Å². The Morgan fingerprint density at radius 1 is 1.00 bits per heavy atom. The van der Waals surface area contributed by atoms with Gasteiger partial charge in [-0.05, 0) is 24.3 Å². The van der Waals surface area contributed by atoms with Crippen molar-refractivity contribution in [2.75, 3.05) is 30.7 Å². The topological polar surface area (TPSA) is 55.9 Å². The van der Waals surface area contributed by atoms with Crippen LogP contribution in [0.25, 0.3) is 0 Å². The maximum Gasteiger partial charge on any atom is 0.243 e. The molecule has 2 aromatic carbocycles. The van der Waals surface area contributed by atoms with Crippen LogP contribution in [0.4, 0.5) is 11.4 Å². The predicted octanol–water partition coefficient (Wildman–Crippen LogP) is 2.05. The zero-order chi connectivity index (χ0) is 17.8. The molecule has 0 spiro atoms. The van der Waals surface area contributed by atoms with Gasteiger partial charge in [0.2, 0.25) is 11.8 Å². The number of hydrogen-bond donors (Lipinski definition) is 1. The molecular formula is C19H22N4O2. The van der Waals surface area contributed by atoms with Crippen molar-refractivity contribution in [2.45, 2.75) is 6.42 Å². The first-order valence-corrected chi connectivity index (χ1v) is 8.24. The smallest absolute Gasteiger partial charge is 0.243 e. The minimum absolute atomic E-state index is 0.0473. The molecule has 0 aromatic heterocycles. The molecule has 3 rings (SSSR count). The van der Waals surface area contributed by atoms with Crippen molar-refractivity contribution in [1.82, 2.24) is 10.4 Å². The first kappa shape index (κ1) is 16.8. The van der Waals surface area contributed by atoms with Crippen molar-refractivity contribution < 1.29 is 9.59 Å². The molecule has 1 fully saturated rings. The Bertz CT molecular complexity index is 736. The summed E-state index contributed by atoms with van der Waals surface area (Å²) in [6.07, 6.45) is 0.214. The van der Waals surface area contributed by atoms with Crippen LogP contribution >= 0.6 is 0 Å². The van der Waals surface area contributed by atoms with Crippen LogP contribution in [0.3, 0.4) is 0 Å². The molecule has 1 aliphatic rings. The zero-order valence-corrected chi connectivity index (χ0v) is 14.4. The monoisotopic (exact) mass is 338 g/mol. The standard InChI is InChI=1S/C19H22N4O2/c1-21(16-9-5-3-6-10-16)20-19(25)15-13-18(24)23(14-15)22(2)17-11-7-4-8-12-17/h3-12,15H,13-14H2,1-2H3,(H,20,25). The van der Waals surface area contributed by atoms with Crippen molar-refractivity contribution in [3.05, 3.63) is 60.7 Å². The molecule has 1 heterocycles. The van der Waals surface area contributed by atoms with Crippen molar-refractivity contribution in [3.63, 3.8) is 0 Å². The van der Waals surface area contributed by atoms with E-state index >= 15 is 0 Å². The average molecular weight is 338 g/mol. The summed E-state index contributed by atoms with van der Waals surface area (Å²) in [5, 5.41) is 5.11. The third-order valence-corrected chi connectivity index (χ3v) is 4.39. The summed E-state index contributed by atoms with van der Waals surface area (Å²) in [6.45, 7) is 0.374. The molecule has 0 saturated carbocycles. The number of nitrogens with zero attached hydrogens (tertiary/aromatic N) is 3. The first-order valence-electron chi connectivity index (χ1n) is 8.24. The second-order valence-electron chi connectivity index (χ2n) is 6.11. The molecule has 2 amide bonds. The molecule has 1 N–H and O–H groups in total. The zero-order valence-electron chi connectivity index (χ0n) is 14.4. The second kappa shape index (κ2) is 7.25. The fraction of sp³-hybridized carbons (Fsp3) is 0.263. The van der Waals surface area contributed by atoms with E-state index in [0.717, 1.165) is 11.4 Å². The molecule has 0 radical (unpaired) electrons.